The molecule has 2 aliphatic carbocycles. The van der Waals surface area contributed by atoms with Crippen molar-refractivity contribution in [2.75, 3.05) is 54.1 Å². The van der Waals surface area contributed by atoms with E-state index in [0.717, 1.165) is 47.6 Å². The summed E-state index contributed by atoms with van der Waals surface area (Å²) < 4.78 is 94.5. The molecule has 0 saturated carbocycles. The topological polar surface area (TPSA) is 43.5 Å². The van der Waals surface area contributed by atoms with Crippen LogP contribution in [-0.2, 0) is 10.2 Å². The SMILES string of the molecule is CC(=O)O.Cc1ccccc1C1=C2C=CC(=[N+]3CCSCC3)C=C2C(C(F)(F)F)(C(F)(F)F)c2cc(N3CCSCC3)ccc21. The van der Waals surface area contributed by atoms with E-state index in [4.69, 9.17) is 9.90 Å². The monoisotopic (exact) mass is 667 g/mol. The Morgan fingerprint density at radius 2 is 1.49 bits per heavy atom. The third-order valence-corrected chi connectivity index (χ3v) is 10.3. The van der Waals surface area contributed by atoms with Gasteiger partial charge in [-0.2, -0.15) is 38.1 Å². The van der Waals surface area contributed by atoms with Crippen LogP contribution in [0.1, 0.15) is 29.2 Å². The van der Waals surface area contributed by atoms with Crippen molar-refractivity contribution in [3.63, 3.8) is 0 Å². The molecule has 0 unspecified atom stereocenters. The molecule has 12 heteroatoms. The number of aryl methyl sites for hydroxylation is 1. The van der Waals surface area contributed by atoms with Crippen molar-refractivity contribution in [1.82, 2.24) is 0 Å². The van der Waals surface area contributed by atoms with Gasteiger partial charge in [-0.1, -0.05) is 30.3 Å². The van der Waals surface area contributed by atoms with Crippen LogP contribution in [0.25, 0.3) is 5.57 Å². The highest BCUT2D eigenvalue weighted by Crippen LogP contribution is 2.63. The molecule has 0 radical (unpaired) electrons. The van der Waals surface area contributed by atoms with Gasteiger partial charge in [0.05, 0.1) is 11.5 Å². The highest BCUT2D eigenvalue weighted by atomic mass is 32.2. The third kappa shape index (κ3) is 6.19. The standard InChI is InChI=1S/C31H29F6N2S2.C2H4O2/c1-20-4-2-3-5-23(20)28-24-8-6-21(38-10-14-40-15-11-38)18-26(24)29(30(32,33)34,31(35,36)37)27-19-22(7-9-25(27)28)39-12-16-41-17-13-39;1-2(3)4/h2-9,18-19H,10-17H2,1H3;1H3,(H,3,4)/q+1;. The zero-order chi connectivity index (χ0) is 32.6. The molecule has 6 rings (SSSR count). The fourth-order valence-electron chi connectivity index (χ4n) is 6.36. The number of hydrogen-bond donors (Lipinski definition) is 1. The minimum absolute atomic E-state index is 0.0290. The Hall–Kier alpha value is -3.12. The Kier molecular flexibility index (Phi) is 9.56. The van der Waals surface area contributed by atoms with Gasteiger partial charge in [0, 0.05) is 49.4 Å². The van der Waals surface area contributed by atoms with Crippen LogP contribution in [0.5, 0.6) is 0 Å². The van der Waals surface area contributed by atoms with Gasteiger partial charge in [0.25, 0.3) is 5.97 Å². The van der Waals surface area contributed by atoms with E-state index in [0.29, 0.717) is 48.7 Å². The molecule has 0 spiro atoms. The van der Waals surface area contributed by atoms with E-state index in [1.165, 1.54) is 12.1 Å². The summed E-state index contributed by atoms with van der Waals surface area (Å²) in [4.78, 5) is 10.9. The van der Waals surface area contributed by atoms with Crippen molar-refractivity contribution in [2.24, 2.45) is 0 Å². The highest BCUT2D eigenvalue weighted by Gasteiger charge is 2.75. The minimum Gasteiger partial charge on any atom is -0.481 e. The Balaban J connectivity index is 0.000000945. The fraction of sp³-hybridized carbons (Fsp3) is 0.394. The molecule has 2 aliphatic heterocycles. The summed E-state index contributed by atoms with van der Waals surface area (Å²) >= 11 is 3.45. The molecule has 2 aromatic rings. The van der Waals surface area contributed by atoms with Crippen molar-refractivity contribution < 1.29 is 40.8 Å². The first kappa shape index (κ1) is 33.2. The number of alkyl halides is 6. The van der Waals surface area contributed by atoms with E-state index in [9.17, 15) is 0 Å². The molecule has 4 nitrogen and oxygen atoms in total. The number of benzene rings is 2. The average Bonchev–Trinajstić information content (AvgIpc) is 2.99. The van der Waals surface area contributed by atoms with Crippen molar-refractivity contribution >= 4 is 46.5 Å². The lowest BCUT2D eigenvalue weighted by molar-refractivity contribution is -0.519. The first-order valence-electron chi connectivity index (χ1n) is 14.5. The summed E-state index contributed by atoms with van der Waals surface area (Å²) in [6.07, 6.45) is -6.97. The van der Waals surface area contributed by atoms with Gasteiger partial charge >= 0.3 is 12.4 Å². The van der Waals surface area contributed by atoms with Gasteiger partial charge < -0.3 is 10.0 Å². The Morgan fingerprint density at radius 3 is 2.09 bits per heavy atom. The number of fused-ring (bicyclic) bond motifs is 2. The van der Waals surface area contributed by atoms with E-state index in [-0.39, 0.29) is 11.1 Å². The zero-order valence-electron chi connectivity index (χ0n) is 24.8. The van der Waals surface area contributed by atoms with Crippen molar-refractivity contribution in [1.29, 1.82) is 0 Å². The lowest BCUT2D eigenvalue weighted by atomic mass is 9.61. The number of halogens is 6. The normalized spacial score (nSPS) is 19.7. The van der Waals surface area contributed by atoms with Gasteiger partial charge in [-0.15, -0.1) is 11.8 Å². The van der Waals surface area contributed by atoms with Crippen LogP contribution >= 0.6 is 23.5 Å². The van der Waals surface area contributed by atoms with E-state index in [2.05, 4.69) is 0 Å². The second-order valence-electron chi connectivity index (χ2n) is 11.1. The van der Waals surface area contributed by atoms with Gasteiger partial charge in [0.1, 0.15) is 0 Å². The van der Waals surface area contributed by atoms with Gasteiger partial charge in [-0.3, -0.25) is 4.79 Å². The van der Waals surface area contributed by atoms with Crippen molar-refractivity contribution in [2.45, 2.75) is 31.6 Å². The van der Waals surface area contributed by atoms with E-state index >= 15 is 26.3 Å². The lowest BCUT2D eigenvalue weighted by Gasteiger charge is -2.45. The molecular formula is C33H33F6N2O2S2+. The van der Waals surface area contributed by atoms with E-state index < -0.39 is 34.9 Å². The van der Waals surface area contributed by atoms with Crippen LogP contribution < -0.4 is 4.90 Å². The molecule has 45 heavy (non-hydrogen) atoms. The third-order valence-electron chi connectivity index (χ3n) is 8.37. The maximum Gasteiger partial charge on any atom is 0.411 e. The molecule has 0 atom stereocenters. The molecule has 0 amide bonds. The molecule has 4 aliphatic rings. The van der Waals surface area contributed by atoms with Crippen LogP contribution in [0.3, 0.4) is 0 Å². The molecule has 240 valence electrons. The molecular weight excluding hydrogens is 634 g/mol. The molecule has 0 aromatic heterocycles. The van der Waals surface area contributed by atoms with Crippen LogP contribution in [0.15, 0.2) is 71.8 Å². The van der Waals surface area contributed by atoms with Crippen LogP contribution in [0, 0.1) is 6.92 Å². The van der Waals surface area contributed by atoms with Crippen molar-refractivity contribution in [3.05, 3.63) is 94.1 Å². The predicted molar refractivity (Wildman–Crippen MR) is 170 cm³/mol. The van der Waals surface area contributed by atoms with Gasteiger partial charge in [-0.05, 0) is 64.1 Å². The first-order chi connectivity index (χ1) is 21.3. The number of hydrogen-bond acceptors (Lipinski definition) is 4. The molecule has 2 saturated heterocycles. The maximum absolute atomic E-state index is 15.4. The number of allylic oxidation sites excluding steroid dienone is 5. The predicted octanol–water partition coefficient (Wildman–Crippen LogP) is 7.51. The van der Waals surface area contributed by atoms with Gasteiger partial charge in [-0.25, -0.2) is 4.58 Å². The highest BCUT2D eigenvalue weighted by molar-refractivity contribution is 7.99. The summed E-state index contributed by atoms with van der Waals surface area (Å²) in [5.74, 6) is 2.23. The number of thioether (sulfide) groups is 2. The number of aliphatic carboxylic acids is 1. The van der Waals surface area contributed by atoms with E-state index in [1.807, 2.05) is 28.5 Å². The smallest absolute Gasteiger partial charge is 0.411 e. The Morgan fingerprint density at radius 1 is 0.889 bits per heavy atom. The van der Waals surface area contributed by atoms with E-state index in [1.54, 1.807) is 47.8 Å². The Labute approximate surface area is 266 Å². The van der Waals surface area contributed by atoms with Gasteiger partial charge in [0.15, 0.2) is 18.8 Å². The quantitative estimate of drug-likeness (QED) is 0.265. The summed E-state index contributed by atoms with van der Waals surface area (Å²) in [5, 5.41) is 7.42. The molecule has 2 heterocycles. The maximum atomic E-state index is 15.4. The number of anilines is 1. The average molecular weight is 668 g/mol. The summed E-state index contributed by atoms with van der Waals surface area (Å²) in [6, 6.07) is 11.5. The largest absolute Gasteiger partial charge is 0.481 e. The number of carbonyl (C=O) groups is 1. The van der Waals surface area contributed by atoms with Crippen molar-refractivity contribution in [3.8, 4) is 0 Å². The van der Waals surface area contributed by atoms with Crippen LogP contribution in [-0.4, -0.2) is 82.9 Å². The first-order valence-corrected chi connectivity index (χ1v) is 16.8. The number of carboxylic acid groups (broad SMARTS) is 1. The molecule has 0 bridgehead atoms. The fourth-order valence-corrected chi connectivity index (χ4v) is 8.17. The number of rotatable bonds is 2. The Bertz CT molecular complexity index is 1570. The molecule has 2 fully saturated rings. The summed E-state index contributed by atoms with van der Waals surface area (Å²) in [5.41, 5.74) is -3.15. The molecule has 2 aromatic carbocycles. The lowest BCUT2D eigenvalue weighted by Crippen LogP contribution is -2.57. The van der Waals surface area contributed by atoms with Crippen LogP contribution in [0.2, 0.25) is 0 Å². The minimum atomic E-state index is -5.64. The second-order valence-corrected chi connectivity index (χ2v) is 13.6. The zero-order valence-corrected chi connectivity index (χ0v) is 26.4. The molecule has 1 N–H and O–H groups in total. The van der Waals surface area contributed by atoms with Gasteiger partial charge in [0.2, 0.25) is 5.41 Å². The summed E-state index contributed by atoms with van der Waals surface area (Å²) in [7, 11) is 0. The van der Waals surface area contributed by atoms with Crippen LogP contribution in [0.4, 0.5) is 32.0 Å². The number of carboxylic acids is 1. The summed E-state index contributed by atoms with van der Waals surface area (Å²) in [6.45, 7) is 5.18. The number of nitrogens with zero attached hydrogens (tertiary/aromatic N) is 2. The second kappa shape index (κ2) is 12.9.